The average molecular weight is 279 g/mol. The number of rotatable bonds is 7. The van der Waals surface area contributed by atoms with Crippen LogP contribution in [0.1, 0.15) is 25.3 Å². The Morgan fingerprint density at radius 1 is 1.35 bits per heavy atom. The SMILES string of the molecule is CCOC(=O)CCCNC(=O)C=Cc1ccccc1F. The van der Waals surface area contributed by atoms with Gasteiger partial charge < -0.3 is 10.1 Å². The summed E-state index contributed by atoms with van der Waals surface area (Å²) in [5.41, 5.74) is 0.356. The van der Waals surface area contributed by atoms with Crippen LogP contribution in [0.2, 0.25) is 0 Å². The van der Waals surface area contributed by atoms with Gasteiger partial charge in [-0.3, -0.25) is 9.59 Å². The molecule has 20 heavy (non-hydrogen) atoms. The Balaban J connectivity index is 2.27. The summed E-state index contributed by atoms with van der Waals surface area (Å²) in [6, 6.07) is 6.19. The van der Waals surface area contributed by atoms with Crippen molar-refractivity contribution in [2.45, 2.75) is 19.8 Å². The lowest BCUT2D eigenvalue weighted by Crippen LogP contribution is -2.22. The van der Waals surface area contributed by atoms with Gasteiger partial charge in [-0.25, -0.2) is 4.39 Å². The van der Waals surface area contributed by atoms with Crippen molar-refractivity contribution in [2.75, 3.05) is 13.2 Å². The molecule has 1 amide bonds. The first-order chi connectivity index (χ1) is 9.63. The molecule has 0 aromatic heterocycles. The molecule has 1 rings (SSSR count). The van der Waals surface area contributed by atoms with Crippen LogP contribution >= 0.6 is 0 Å². The van der Waals surface area contributed by atoms with Crippen LogP contribution in [0, 0.1) is 5.82 Å². The van der Waals surface area contributed by atoms with Gasteiger partial charge in [-0.2, -0.15) is 0 Å². The lowest BCUT2D eigenvalue weighted by atomic mass is 10.2. The summed E-state index contributed by atoms with van der Waals surface area (Å²) in [5.74, 6) is -0.973. The predicted molar refractivity (Wildman–Crippen MR) is 74.3 cm³/mol. The van der Waals surface area contributed by atoms with Crippen molar-refractivity contribution >= 4 is 18.0 Å². The summed E-state index contributed by atoms with van der Waals surface area (Å²) >= 11 is 0. The molecule has 0 saturated carbocycles. The van der Waals surface area contributed by atoms with Gasteiger partial charge in [0.1, 0.15) is 5.82 Å². The Labute approximate surface area is 117 Å². The van der Waals surface area contributed by atoms with E-state index in [1.54, 1.807) is 25.1 Å². The summed E-state index contributed by atoms with van der Waals surface area (Å²) < 4.78 is 18.0. The maximum atomic E-state index is 13.3. The van der Waals surface area contributed by atoms with E-state index in [0.717, 1.165) is 0 Å². The van der Waals surface area contributed by atoms with Gasteiger partial charge in [-0.1, -0.05) is 18.2 Å². The number of ether oxygens (including phenoxy) is 1. The number of esters is 1. The summed E-state index contributed by atoms with van der Waals surface area (Å²) in [5, 5.41) is 2.61. The van der Waals surface area contributed by atoms with Crippen molar-refractivity contribution in [3.8, 4) is 0 Å². The van der Waals surface area contributed by atoms with Crippen molar-refractivity contribution in [1.82, 2.24) is 5.32 Å². The minimum atomic E-state index is -0.376. The number of halogens is 1. The maximum absolute atomic E-state index is 13.3. The Kier molecular flexibility index (Phi) is 7.03. The molecule has 0 fully saturated rings. The largest absolute Gasteiger partial charge is 0.466 e. The molecule has 0 aliphatic carbocycles. The average Bonchev–Trinajstić information content (AvgIpc) is 2.43. The first-order valence-electron chi connectivity index (χ1n) is 6.49. The topological polar surface area (TPSA) is 55.4 Å². The number of carbonyl (C=O) groups excluding carboxylic acids is 2. The smallest absolute Gasteiger partial charge is 0.305 e. The molecule has 0 radical (unpaired) electrons. The first kappa shape index (κ1) is 15.9. The summed E-state index contributed by atoms with van der Waals surface area (Å²) in [4.78, 5) is 22.5. The number of benzene rings is 1. The molecule has 0 unspecified atom stereocenters. The van der Waals surface area contributed by atoms with E-state index < -0.39 is 0 Å². The highest BCUT2D eigenvalue weighted by molar-refractivity contribution is 5.91. The van der Waals surface area contributed by atoms with Gasteiger partial charge in [0, 0.05) is 24.6 Å². The zero-order valence-corrected chi connectivity index (χ0v) is 11.4. The fraction of sp³-hybridized carbons (Fsp3) is 0.333. The Morgan fingerprint density at radius 2 is 2.10 bits per heavy atom. The molecule has 0 spiro atoms. The number of hydrogen-bond acceptors (Lipinski definition) is 3. The second kappa shape index (κ2) is 8.85. The van der Waals surface area contributed by atoms with Gasteiger partial charge in [-0.05, 0) is 25.5 Å². The van der Waals surface area contributed by atoms with Crippen molar-refractivity contribution in [1.29, 1.82) is 0 Å². The van der Waals surface area contributed by atoms with Crippen LogP contribution in [-0.2, 0) is 14.3 Å². The molecule has 1 aromatic carbocycles. The molecule has 0 atom stereocenters. The Morgan fingerprint density at radius 3 is 2.80 bits per heavy atom. The van der Waals surface area contributed by atoms with Crippen LogP contribution in [0.25, 0.3) is 6.08 Å². The van der Waals surface area contributed by atoms with Gasteiger partial charge in [0.2, 0.25) is 5.91 Å². The highest BCUT2D eigenvalue weighted by atomic mass is 19.1. The zero-order valence-electron chi connectivity index (χ0n) is 11.4. The van der Waals surface area contributed by atoms with E-state index in [1.165, 1.54) is 18.2 Å². The molecule has 5 heteroatoms. The van der Waals surface area contributed by atoms with Crippen LogP contribution in [0.15, 0.2) is 30.3 Å². The molecule has 1 N–H and O–H groups in total. The second-order valence-electron chi connectivity index (χ2n) is 4.05. The van der Waals surface area contributed by atoms with Crippen LogP contribution in [0.3, 0.4) is 0 Å². The molecule has 0 aliphatic rings. The van der Waals surface area contributed by atoms with Crippen molar-refractivity contribution in [2.24, 2.45) is 0 Å². The van der Waals surface area contributed by atoms with Crippen molar-refractivity contribution in [3.63, 3.8) is 0 Å². The highest BCUT2D eigenvalue weighted by Gasteiger charge is 2.02. The van der Waals surface area contributed by atoms with E-state index in [2.05, 4.69) is 5.32 Å². The minimum Gasteiger partial charge on any atom is -0.466 e. The number of amides is 1. The number of nitrogens with one attached hydrogen (secondary N) is 1. The molecule has 0 aliphatic heterocycles. The van der Waals surface area contributed by atoms with E-state index in [9.17, 15) is 14.0 Å². The summed E-state index contributed by atoms with van der Waals surface area (Å²) in [6.45, 7) is 2.48. The van der Waals surface area contributed by atoms with Crippen LogP contribution in [-0.4, -0.2) is 25.0 Å². The lowest BCUT2D eigenvalue weighted by Gasteiger charge is -2.02. The minimum absolute atomic E-state index is 0.269. The summed E-state index contributed by atoms with van der Waals surface area (Å²) in [6.07, 6.45) is 3.46. The van der Waals surface area contributed by atoms with Gasteiger partial charge in [0.25, 0.3) is 0 Å². The molecule has 108 valence electrons. The molecule has 0 heterocycles. The van der Waals surface area contributed by atoms with Gasteiger partial charge in [0.15, 0.2) is 0 Å². The third-order valence-electron chi connectivity index (χ3n) is 2.48. The second-order valence-corrected chi connectivity index (χ2v) is 4.05. The monoisotopic (exact) mass is 279 g/mol. The van der Waals surface area contributed by atoms with E-state index in [-0.39, 0.29) is 24.1 Å². The Hall–Kier alpha value is -2.17. The summed E-state index contributed by atoms with van der Waals surface area (Å²) in [7, 11) is 0. The van der Waals surface area contributed by atoms with Crippen molar-refractivity contribution < 1.29 is 18.7 Å². The molecule has 0 saturated heterocycles. The van der Waals surface area contributed by atoms with E-state index >= 15 is 0 Å². The molecular weight excluding hydrogens is 261 g/mol. The third-order valence-corrected chi connectivity index (χ3v) is 2.48. The normalized spacial score (nSPS) is 10.5. The van der Waals surface area contributed by atoms with Crippen LogP contribution in [0.5, 0.6) is 0 Å². The van der Waals surface area contributed by atoms with Crippen molar-refractivity contribution in [3.05, 3.63) is 41.7 Å². The van der Waals surface area contributed by atoms with Gasteiger partial charge in [0.05, 0.1) is 6.61 Å². The number of hydrogen-bond donors (Lipinski definition) is 1. The van der Waals surface area contributed by atoms with Gasteiger partial charge >= 0.3 is 5.97 Å². The van der Waals surface area contributed by atoms with E-state index in [1.807, 2.05) is 0 Å². The third kappa shape index (κ3) is 6.13. The molecule has 0 bridgehead atoms. The molecule has 4 nitrogen and oxygen atoms in total. The molecular formula is C15H18FNO3. The fourth-order valence-electron chi connectivity index (χ4n) is 1.51. The first-order valence-corrected chi connectivity index (χ1v) is 6.49. The lowest BCUT2D eigenvalue weighted by molar-refractivity contribution is -0.143. The predicted octanol–water partition coefficient (Wildman–Crippen LogP) is 2.30. The van der Waals surface area contributed by atoms with Gasteiger partial charge in [-0.15, -0.1) is 0 Å². The Bertz CT molecular complexity index is 486. The highest BCUT2D eigenvalue weighted by Crippen LogP contribution is 2.07. The number of carbonyl (C=O) groups is 2. The standard InChI is InChI=1S/C15H18FNO3/c1-2-20-15(19)8-5-11-17-14(18)10-9-12-6-3-4-7-13(12)16/h3-4,6-7,9-10H,2,5,8,11H2,1H3,(H,17,18). The van der Waals surface area contributed by atoms with E-state index in [0.29, 0.717) is 25.1 Å². The maximum Gasteiger partial charge on any atom is 0.305 e. The van der Waals surface area contributed by atoms with Crippen LogP contribution in [0.4, 0.5) is 4.39 Å². The van der Waals surface area contributed by atoms with E-state index in [4.69, 9.17) is 4.74 Å². The fourth-order valence-corrected chi connectivity index (χ4v) is 1.51. The van der Waals surface area contributed by atoms with Crippen LogP contribution < -0.4 is 5.32 Å². The quantitative estimate of drug-likeness (QED) is 0.473. The molecule has 1 aromatic rings. The zero-order chi connectivity index (χ0) is 14.8.